The summed E-state index contributed by atoms with van der Waals surface area (Å²) in [6.45, 7) is 0.382. The van der Waals surface area contributed by atoms with Gasteiger partial charge in [-0.3, -0.25) is 9.59 Å². The lowest BCUT2D eigenvalue weighted by Gasteiger charge is -2.13. The Hall–Kier alpha value is -3.17. The van der Waals surface area contributed by atoms with E-state index in [1.54, 1.807) is 36.4 Å². The van der Waals surface area contributed by atoms with E-state index in [4.69, 9.17) is 9.47 Å². The van der Waals surface area contributed by atoms with Gasteiger partial charge in [-0.05, 0) is 63.5 Å². The second kappa shape index (κ2) is 11.4. The Morgan fingerprint density at radius 1 is 1.00 bits per heavy atom. The average molecular weight is 561 g/mol. The molecular weight excluding hydrogens is 542 g/mol. The van der Waals surface area contributed by atoms with Crippen LogP contribution in [0.4, 0.5) is 5.69 Å². The molecule has 0 aliphatic carbocycles. The van der Waals surface area contributed by atoms with Crippen molar-refractivity contribution in [2.75, 3.05) is 12.4 Å². The van der Waals surface area contributed by atoms with Gasteiger partial charge in [-0.25, -0.2) is 5.43 Å². The first-order valence-corrected chi connectivity index (χ1v) is 11.0. The van der Waals surface area contributed by atoms with Crippen LogP contribution in [-0.4, -0.2) is 25.1 Å². The second-order valence-corrected chi connectivity index (χ2v) is 8.24. The normalized spacial score (nSPS) is 10.6. The van der Waals surface area contributed by atoms with E-state index >= 15 is 0 Å². The summed E-state index contributed by atoms with van der Waals surface area (Å²) < 4.78 is 12.8. The van der Waals surface area contributed by atoms with Gasteiger partial charge in [0.25, 0.3) is 0 Å². The van der Waals surface area contributed by atoms with Gasteiger partial charge in [-0.2, -0.15) is 5.10 Å². The minimum atomic E-state index is -0.891. The van der Waals surface area contributed by atoms with Crippen LogP contribution in [0.3, 0.4) is 0 Å². The fraction of sp³-hybridized carbons (Fsp3) is 0.0870. The smallest absolute Gasteiger partial charge is 0.329 e. The van der Waals surface area contributed by atoms with Crippen LogP contribution in [0, 0.1) is 0 Å². The maximum Gasteiger partial charge on any atom is 0.329 e. The molecule has 0 atom stereocenters. The molecule has 3 aromatic carbocycles. The zero-order valence-corrected chi connectivity index (χ0v) is 20.1. The molecule has 0 unspecified atom stereocenters. The Balaban J connectivity index is 1.61. The number of rotatable bonds is 7. The van der Waals surface area contributed by atoms with Gasteiger partial charge in [0.15, 0.2) is 11.5 Å². The summed E-state index contributed by atoms with van der Waals surface area (Å²) >= 11 is 6.78. The number of nitrogens with zero attached hydrogens (tertiary/aromatic N) is 1. The Labute approximate surface area is 202 Å². The molecule has 0 radical (unpaired) electrons. The number of methoxy groups -OCH3 is 1. The number of hydrazone groups is 1. The Morgan fingerprint density at radius 2 is 1.72 bits per heavy atom. The molecule has 0 saturated heterocycles. The van der Waals surface area contributed by atoms with Gasteiger partial charge in [0, 0.05) is 10.2 Å². The van der Waals surface area contributed by atoms with Crippen LogP contribution in [0.25, 0.3) is 0 Å². The largest absolute Gasteiger partial charge is 0.493 e. The highest BCUT2D eigenvalue weighted by molar-refractivity contribution is 9.10. The summed E-state index contributed by atoms with van der Waals surface area (Å²) in [5.41, 5.74) is 4.36. The molecule has 7 nitrogen and oxygen atoms in total. The van der Waals surface area contributed by atoms with Crippen molar-refractivity contribution in [1.82, 2.24) is 5.43 Å². The number of carbonyl (C=O) groups excluding carboxylic acids is 2. The molecule has 0 fully saturated rings. The van der Waals surface area contributed by atoms with Crippen LogP contribution in [0.15, 0.2) is 80.8 Å². The fourth-order valence-electron chi connectivity index (χ4n) is 2.62. The molecular formula is C23H19Br2N3O4. The zero-order chi connectivity index (χ0) is 22.9. The van der Waals surface area contributed by atoms with Crippen molar-refractivity contribution in [3.8, 4) is 11.5 Å². The van der Waals surface area contributed by atoms with Gasteiger partial charge in [0.05, 0.1) is 17.8 Å². The first kappa shape index (κ1) is 23.5. The molecule has 9 heteroatoms. The predicted octanol–water partition coefficient (Wildman–Crippen LogP) is 4.89. The van der Waals surface area contributed by atoms with E-state index in [0.29, 0.717) is 33.8 Å². The number of hydrogen-bond donors (Lipinski definition) is 2. The summed E-state index contributed by atoms with van der Waals surface area (Å²) in [6, 6.07) is 20.1. The monoisotopic (exact) mass is 559 g/mol. The second-order valence-electron chi connectivity index (χ2n) is 6.47. The van der Waals surface area contributed by atoms with Gasteiger partial charge in [-0.1, -0.05) is 46.3 Å². The Morgan fingerprint density at radius 3 is 2.41 bits per heavy atom. The summed E-state index contributed by atoms with van der Waals surface area (Å²) in [4.78, 5) is 23.9. The molecule has 0 heterocycles. The highest BCUT2D eigenvalue weighted by atomic mass is 79.9. The quantitative estimate of drug-likeness (QED) is 0.245. The first-order valence-electron chi connectivity index (χ1n) is 9.40. The zero-order valence-electron chi connectivity index (χ0n) is 17.0. The van der Waals surface area contributed by atoms with Crippen LogP contribution in [0.2, 0.25) is 0 Å². The minimum absolute atomic E-state index is 0.382. The summed E-state index contributed by atoms with van der Waals surface area (Å²) in [6.07, 6.45) is 1.40. The molecule has 3 rings (SSSR count). The van der Waals surface area contributed by atoms with E-state index in [0.717, 1.165) is 10.0 Å². The van der Waals surface area contributed by atoms with Crippen LogP contribution in [0.5, 0.6) is 11.5 Å². The number of halogens is 2. The molecule has 0 aliphatic heterocycles. The van der Waals surface area contributed by atoms with E-state index in [9.17, 15) is 9.59 Å². The van der Waals surface area contributed by atoms with Crippen molar-refractivity contribution in [2.24, 2.45) is 5.10 Å². The standard InChI is InChI=1S/C23H19Br2N3O4/c1-31-20-12-16(11-19(25)21(20)32-14-15-5-3-2-4-6-15)13-26-28-23(30)22(29)27-18-9-7-17(24)8-10-18/h2-13H,14H2,1H3,(H,27,29)(H,28,30)/b26-13+. The van der Waals surface area contributed by atoms with Crippen LogP contribution in [-0.2, 0) is 16.2 Å². The topological polar surface area (TPSA) is 89.0 Å². The third-order valence-electron chi connectivity index (χ3n) is 4.17. The molecule has 0 saturated carbocycles. The van der Waals surface area contributed by atoms with Crippen molar-refractivity contribution in [2.45, 2.75) is 6.61 Å². The van der Waals surface area contributed by atoms with Crippen molar-refractivity contribution >= 4 is 55.6 Å². The maximum absolute atomic E-state index is 12.0. The number of nitrogens with one attached hydrogen (secondary N) is 2. The first-order chi connectivity index (χ1) is 15.5. The lowest BCUT2D eigenvalue weighted by Crippen LogP contribution is -2.32. The molecule has 2 N–H and O–H groups in total. The summed E-state index contributed by atoms with van der Waals surface area (Å²) in [5, 5.41) is 6.34. The van der Waals surface area contributed by atoms with Crippen molar-refractivity contribution < 1.29 is 19.1 Å². The summed E-state index contributed by atoms with van der Waals surface area (Å²) in [5.74, 6) is -0.673. The summed E-state index contributed by atoms with van der Waals surface area (Å²) in [7, 11) is 1.53. The number of ether oxygens (including phenoxy) is 2. The molecule has 3 aromatic rings. The van der Waals surface area contributed by atoms with Crippen molar-refractivity contribution in [3.63, 3.8) is 0 Å². The fourth-order valence-corrected chi connectivity index (χ4v) is 3.46. The molecule has 2 amide bonds. The highest BCUT2D eigenvalue weighted by Gasteiger charge is 2.14. The average Bonchev–Trinajstić information content (AvgIpc) is 2.80. The highest BCUT2D eigenvalue weighted by Crippen LogP contribution is 2.36. The van der Waals surface area contributed by atoms with E-state index in [-0.39, 0.29) is 0 Å². The number of amides is 2. The lowest BCUT2D eigenvalue weighted by atomic mass is 10.2. The molecule has 32 heavy (non-hydrogen) atoms. The molecule has 0 spiro atoms. The van der Waals surface area contributed by atoms with E-state index < -0.39 is 11.8 Å². The maximum atomic E-state index is 12.0. The van der Waals surface area contributed by atoms with Crippen LogP contribution in [0.1, 0.15) is 11.1 Å². The molecule has 0 aliphatic rings. The lowest BCUT2D eigenvalue weighted by molar-refractivity contribution is -0.136. The third-order valence-corrected chi connectivity index (χ3v) is 5.28. The number of anilines is 1. The SMILES string of the molecule is COc1cc(/C=N/NC(=O)C(=O)Nc2ccc(Br)cc2)cc(Br)c1OCc1ccccc1. The number of benzene rings is 3. The van der Waals surface area contributed by atoms with Gasteiger partial charge in [-0.15, -0.1) is 0 Å². The number of hydrogen-bond acceptors (Lipinski definition) is 5. The van der Waals surface area contributed by atoms with E-state index in [2.05, 4.69) is 47.7 Å². The molecule has 164 valence electrons. The Bertz CT molecular complexity index is 1120. The van der Waals surface area contributed by atoms with Gasteiger partial charge < -0.3 is 14.8 Å². The predicted molar refractivity (Wildman–Crippen MR) is 130 cm³/mol. The minimum Gasteiger partial charge on any atom is -0.493 e. The van der Waals surface area contributed by atoms with E-state index in [1.807, 2.05) is 30.3 Å². The van der Waals surface area contributed by atoms with E-state index in [1.165, 1.54) is 13.3 Å². The van der Waals surface area contributed by atoms with Crippen LogP contribution >= 0.6 is 31.9 Å². The Kier molecular flexibility index (Phi) is 8.41. The number of carbonyl (C=O) groups is 2. The van der Waals surface area contributed by atoms with Crippen molar-refractivity contribution in [1.29, 1.82) is 0 Å². The van der Waals surface area contributed by atoms with Gasteiger partial charge >= 0.3 is 11.8 Å². The van der Waals surface area contributed by atoms with Gasteiger partial charge in [0.2, 0.25) is 0 Å². The third kappa shape index (κ3) is 6.66. The molecule has 0 aromatic heterocycles. The van der Waals surface area contributed by atoms with Crippen LogP contribution < -0.4 is 20.2 Å². The molecule has 0 bridgehead atoms. The van der Waals surface area contributed by atoms with Crippen molar-refractivity contribution in [3.05, 3.63) is 86.8 Å². The van der Waals surface area contributed by atoms with Gasteiger partial charge in [0.1, 0.15) is 6.61 Å².